The Morgan fingerprint density at radius 3 is 2.45 bits per heavy atom. The fraction of sp³-hybridized carbons (Fsp3) is 0.0526. The number of nitrogens with one attached hydrogen (secondary N) is 1. The average Bonchev–Trinajstić information content (AvgIpc) is 3.16. The number of hydrazone groups is 1. The van der Waals surface area contributed by atoms with Gasteiger partial charge in [-0.15, -0.1) is 0 Å². The first-order valence-electron chi connectivity index (χ1n) is 8.54. The number of nitro groups is 2. The number of carbonyl (C=O) groups excluding carboxylic acids is 1. The van der Waals surface area contributed by atoms with Crippen molar-refractivity contribution < 1.29 is 19.1 Å². The molecule has 2 aromatic carbocycles. The molecule has 31 heavy (non-hydrogen) atoms. The maximum Gasteiger partial charge on any atom is 0.288 e. The molecule has 1 N–H and O–H groups in total. The molecular weight excluding hydrogens is 451 g/mol. The minimum absolute atomic E-state index is 0.103. The van der Waals surface area contributed by atoms with Crippen molar-refractivity contribution in [2.75, 3.05) is 0 Å². The Morgan fingerprint density at radius 2 is 1.74 bits per heavy atom. The van der Waals surface area contributed by atoms with Gasteiger partial charge >= 0.3 is 0 Å². The van der Waals surface area contributed by atoms with Gasteiger partial charge in [0, 0.05) is 23.3 Å². The van der Waals surface area contributed by atoms with Crippen LogP contribution in [0.4, 0.5) is 11.4 Å². The van der Waals surface area contributed by atoms with Crippen LogP contribution < -0.4 is 5.43 Å². The lowest BCUT2D eigenvalue weighted by molar-refractivity contribution is -0.385. The number of para-hydroxylation sites is 1. The number of hydrogen-bond acceptors (Lipinski definition) is 7. The standard InChI is InChI=1S/C19H12Cl2N4O6/c20-14-9-15(21)17(25(29)30)8-13(14)18-6-5-12(31-18)10-22-23-19(26)7-11-3-1-2-4-16(11)24(27)28/h1-6,8-10H,7H2,(H,23,26). The van der Waals surface area contributed by atoms with Crippen LogP contribution in [0.5, 0.6) is 0 Å². The quantitative estimate of drug-likeness (QED) is 0.304. The molecule has 158 valence electrons. The lowest BCUT2D eigenvalue weighted by Gasteiger charge is -2.03. The van der Waals surface area contributed by atoms with Crippen molar-refractivity contribution in [3.05, 3.63) is 90.1 Å². The molecule has 1 heterocycles. The minimum Gasteiger partial charge on any atom is -0.455 e. The fourth-order valence-corrected chi connectivity index (χ4v) is 3.20. The van der Waals surface area contributed by atoms with E-state index in [1.54, 1.807) is 6.07 Å². The molecule has 0 spiro atoms. The first-order valence-corrected chi connectivity index (χ1v) is 9.29. The second kappa shape index (κ2) is 9.37. The van der Waals surface area contributed by atoms with Crippen LogP contribution in [0.25, 0.3) is 11.3 Å². The maximum absolute atomic E-state index is 12.0. The summed E-state index contributed by atoms with van der Waals surface area (Å²) in [4.78, 5) is 32.9. The molecule has 0 unspecified atom stereocenters. The molecule has 0 aliphatic rings. The van der Waals surface area contributed by atoms with Gasteiger partial charge in [-0.05, 0) is 18.2 Å². The lowest BCUT2D eigenvalue weighted by atomic mass is 10.1. The predicted octanol–water partition coefficient (Wildman–Crippen LogP) is 4.76. The second-order valence-corrected chi connectivity index (χ2v) is 6.91. The highest BCUT2D eigenvalue weighted by atomic mass is 35.5. The lowest BCUT2D eigenvalue weighted by Crippen LogP contribution is -2.20. The van der Waals surface area contributed by atoms with Crippen LogP contribution in [-0.4, -0.2) is 22.0 Å². The Bertz CT molecular complexity index is 1210. The zero-order chi connectivity index (χ0) is 22.5. The van der Waals surface area contributed by atoms with Crippen molar-refractivity contribution in [2.45, 2.75) is 6.42 Å². The molecule has 0 saturated heterocycles. The van der Waals surface area contributed by atoms with E-state index in [0.29, 0.717) is 0 Å². The molecule has 1 aromatic heterocycles. The number of halogens is 2. The summed E-state index contributed by atoms with van der Waals surface area (Å²) < 4.78 is 5.54. The van der Waals surface area contributed by atoms with Gasteiger partial charge in [-0.3, -0.25) is 25.0 Å². The number of carbonyl (C=O) groups is 1. The number of hydrogen-bond donors (Lipinski definition) is 1. The molecule has 12 heteroatoms. The van der Waals surface area contributed by atoms with Crippen molar-refractivity contribution in [2.24, 2.45) is 5.10 Å². The summed E-state index contributed by atoms with van der Waals surface area (Å²) in [5.74, 6) is -0.0965. The van der Waals surface area contributed by atoms with E-state index in [0.717, 1.165) is 0 Å². The van der Waals surface area contributed by atoms with Crippen LogP contribution >= 0.6 is 23.2 Å². The van der Waals surface area contributed by atoms with Crippen molar-refractivity contribution in [1.82, 2.24) is 5.43 Å². The number of rotatable bonds is 7. The van der Waals surface area contributed by atoms with Crippen LogP contribution in [0.2, 0.25) is 10.0 Å². The van der Waals surface area contributed by atoms with E-state index in [9.17, 15) is 25.0 Å². The van der Waals surface area contributed by atoms with E-state index in [1.807, 2.05) is 0 Å². The normalized spacial score (nSPS) is 10.9. The first kappa shape index (κ1) is 21.9. The third-order valence-electron chi connectivity index (χ3n) is 4.05. The molecule has 0 aliphatic heterocycles. The van der Waals surface area contributed by atoms with Gasteiger partial charge in [0.05, 0.1) is 27.5 Å². The third kappa shape index (κ3) is 5.24. The third-order valence-corrected chi connectivity index (χ3v) is 4.66. The van der Waals surface area contributed by atoms with Crippen molar-refractivity contribution in [3.63, 3.8) is 0 Å². The van der Waals surface area contributed by atoms with Crippen LogP contribution in [0.1, 0.15) is 11.3 Å². The number of nitro benzene ring substituents is 2. The van der Waals surface area contributed by atoms with E-state index in [-0.39, 0.29) is 50.5 Å². The largest absolute Gasteiger partial charge is 0.455 e. The topological polar surface area (TPSA) is 141 Å². The highest BCUT2D eigenvalue weighted by molar-refractivity contribution is 6.37. The van der Waals surface area contributed by atoms with E-state index >= 15 is 0 Å². The summed E-state index contributed by atoms with van der Waals surface area (Å²) in [5, 5.41) is 25.9. The van der Waals surface area contributed by atoms with E-state index in [1.165, 1.54) is 48.7 Å². The van der Waals surface area contributed by atoms with Gasteiger partial charge < -0.3 is 4.42 Å². The Kier molecular flexibility index (Phi) is 6.63. The maximum atomic E-state index is 12.0. The van der Waals surface area contributed by atoms with Crippen molar-refractivity contribution in [1.29, 1.82) is 0 Å². The van der Waals surface area contributed by atoms with E-state index in [4.69, 9.17) is 27.6 Å². The number of amides is 1. The highest BCUT2D eigenvalue weighted by Gasteiger charge is 2.19. The molecule has 3 aromatic rings. The summed E-state index contributed by atoms with van der Waals surface area (Å²) in [7, 11) is 0. The van der Waals surface area contributed by atoms with Gasteiger partial charge in [0.25, 0.3) is 11.4 Å². The van der Waals surface area contributed by atoms with Crippen LogP contribution in [0, 0.1) is 20.2 Å². The first-order chi connectivity index (χ1) is 14.8. The van der Waals surface area contributed by atoms with Gasteiger partial charge in [0.2, 0.25) is 5.91 Å². The molecule has 0 bridgehead atoms. The van der Waals surface area contributed by atoms with E-state index in [2.05, 4.69) is 10.5 Å². The van der Waals surface area contributed by atoms with Crippen molar-refractivity contribution in [3.8, 4) is 11.3 Å². The number of benzene rings is 2. The van der Waals surface area contributed by atoms with Gasteiger partial charge in [0.15, 0.2) is 0 Å². The molecule has 0 aliphatic carbocycles. The minimum atomic E-state index is -0.639. The summed E-state index contributed by atoms with van der Waals surface area (Å²) >= 11 is 11.9. The molecule has 0 fully saturated rings. The summed E-state index contributed by atoms with van der Waals surface area (Å²) in [6.45, 7) is 0. The van der Waals surface area contributed by atoms with Crippen molar-refractivity contribution >= 4 is 46.7 Å². The van der Waals surface area contributed by atoms with E-state index < -0.39 is 15.8 Å². The molecule has 0 radical (unpaired) electrons. The van der Waals surface area contributed by atoms with Gasteiger partial charge in [0.1, 0.15) is 16.5 Å². The SMILES string of the molecule is O=C(Cc1ccccc1[N+](=O)[O-])NN=Cc1ccc(-c2cc([N+](=O)[O-])c(Cl)cc2Cl)o1. The molecular formula is C19H12Cl2N4O6. The van der Waals surface area contributed by atoms with Gasteiger partial charge in [-0.1, -0.05) is 41.4 Å². The second-order valence-electron chi connectivity index (χ2n) is 6.10. The zero-order valence-corrected chi connectivity index (χ0v) is 17.0. The Morgan fingerprint density at radius 1 is 1.03 bits per heavy atom. The number of nitrogens with zero attached hydrogens (tertiary/aromatic N) is 3. The summed E-state index contributed by atoms with van der Waals surface area (Å²) in [6.07, 6.45) is 0.973. The van der Waals surface area contributed by atoms with Crippen LogP contribution in [-0.2, 0) is 11.2 Å². The van der Waals surface area contributed by atoms with Crippen LogP contribution in [0.3, 0.4) is 0 Å². The Balaban J connectivity index is 1.69. The highest BCUT2D eigenvalue weighted by Crippen LogP contribution is 2.37. The predicted molar refractivity (Wildman–Crippen MR) is 113 cm³/mol. The molecule has 3 rings (SSSR count). The monoisotopic (exact) mass is 462 g/mol. The average molecular weight is 463 g/mol. The van der Waals surface area contributed by atoms with Gasteiger partial charge in [-0.2, -0.15) is 5.10 Å². The molecule has 0 atom stereocenters. The zero-order valence-electron chi connectivity index (χ0n) is 15.5. The Hall–Kier alpha value is -3.76. The van der Waals surface area contributed by atoms with Gasteiger partial charge in [-0.25, -0.2) is 5.43 Å². The van der Waals surface area contributed by atoms with Crippen LogP contribution in [0.15, 0.2) is 58.0 Å². The Labute approximate surface area is 184 Å². The smallest absolute Gasteiger partial charge is 0.288 e. The number of furan rings is 1. The molecule has 0 saturated carbocycles. The molecule has 10 nitrogen and oxygen atoms in total. The summed E-state index contributed by atoms with van der Waals surface area (Å²) in [6, 6.07) is 11.4. The summed E-state index contributed by atoms with van der Waals surface area (Å²) in [5.41, 5.74) is 2.28. The molecule has 1 amide bonds. The fourth-order valence-electron chi connectivity index (χ4n) is 2.65.